The van der Waals surface area contributed by atoms with Gasteiger partial charge in [-0.05, 0) is 36.2 Å². The van der Waals surface area contributed by atoms with Crippen molar-refractivity contribution >= 4 is 17.3 Å². The number of hydrogen-bond donors (Lipinski definition) is 0. The van der Waals surface area contributed by atoms with E-state index in [1.807, 2.05) is 66.4 Å². The third-order valence-corrected chi connectivity index (χ3v) is 6.33. The van der Waals surface area contributed by atoms with E-state index in [1.54, 1.807) is 7.11 Å². The highest BCUT2D eigenvalue weighted by atomic mass is 16.5. The number of carbonyl (C=O) groups excluding carboxylic acids is 1. The Balaban J connectivity index is 1.67. The Hall–Kier alpha value is -3.03. The molecule has 0 aromatic heterocycles. The zero-order chi connectivity index (χ0) is 24.5. The van der Waals surface area contributed by atoms with Crippen LogP contribution in [0.2, 0.25) is 0 Å². The van der Waals surface area contributed by atoms with Crippen LogP contribution in [-0.4, -0.2) is 63.5 Å². The van der Waals surface area contributed by atoms with E-state index in [1.165, 1.54) is 0 Å². The molecule has 0 N–H and O–H groups in total. The molecule has 0 radical (unpaired) electrons. The van der Waals surface area contributed by atoms with Crippen molar-refractivity contribution in [3.8, 4) is 11.1 Å². The van der Waals surface area contributed by atoms with Crippen LogP contribution < -0.4 is 4.90 Å². The van der Waals surface area contributed by atoms with Gasteiger partial charge in [-0.1, -0.05) is 60.7 Å². The Bertz CT molecular complexity index is 1070. The molecule has 6 nitrogen and oxygen atoms in total. The molecule has 4 rings (SSSR count). The summed E-state index contributed by atoms with van der Waals surface area (Å²) in [5, 5.41) is 0. The highest BCUT2D eigenvalue weighted by molar-refractivity contribution is 6.04. The monoisotopic (exact) mass is 474 g/mol. The first kappa shape index (κ1) is 25.1. The van der Waals surface area contributed by atoms with E-state index < -0.39 is 0 Å². The SMILES string of the molecule is COCCOCc1ccccc1N(C(=O)C(C)N1CCOCC1)c1ccc(-c2ccccc2)cc1. The molecule has 0 aliphatic carbocycles. The van der Waals surface area contributed by atoms with Crippen molar-refractivity contribution in [2.45, 2.75) is 19.6 Å². The molecule has 1 atom stereocenters. The lowest BCUT2D eigenvalue weighted by Crippen LogP contribution is -2.50. The minimum Gasteiger partial charge on any atom is -0.382 e. The first-order valence-electron chi connectivity index (χ1n) is 12.1. The molecule has 3 aromatic carbocycles. The molecule has 6 heteroatoms. The van der Waals surface area contributed by atoms with Gasteiger partial charge in [-0.2, -0.15) is 0 Å². The Morgan fingerprint density at radius 1 is 0.914 bits per heavy atom. The van der Waals surface area contributed by atoms with Crippen molar-refractivity contribution in [2.24, 2.45) is 0 Å². The molecule has 35 heavy (non-hydrogen) atoms. The molecule has 0 spiro atoms. The normalized spacial score (nSPS) is 15.0. The Morgan fingerprint density at radius 3 is 2.29 bits per heavy atom. The molecular weight excluding hydrogens is 440 g/mol. The summed E-state index contributed by atoms with van der Waals surface area (Å²) in [5.41, 5.74) is 4.88. The smallest absolute Gasteiger partial charge is 0.248 e. The fourth-order valence-corrected chi connectivity index (χ4v) is 4.30. The van der Waals surface area contributed by atoms with Crippen LogP contribution in [0.3, 0.4) is 0 Å². The van der Waals surface area contributed by atoms with Gasteiger partial charge in [-0.25, -0.2) is 0 Å². The predicted molar refractivity (Wildman–Crippen MR) is 139 cm³/mol. The third kappa shape index (κ3) is 6.35. The summed E-state index contributed by atoms with van der Waals surface area (Å²) >= 11 is 0. The molecule has 184 valence electrons. The topological polar surface area (TPSA) is 51.2 Å². The van der Waals surface area contributed by atoms with Crippen molar-refractivity contribution in [1.29, 1.82) is 0 Å². The summed E-state index contributed by atoms with van der Waals surface area (Å²) in [6, 6.07) is 26.1. The van der Waals surface area contributed by atoms with E-state index in [0.29, 0.717) is 33.0 Å². The number of amides is 1. The van der Waals surface area contributed by atoms with E-state index in [2.05, 4.69) is 29.2 Å². The summed E-state index contributed by atoms with van der Waals surface area (Å²) in [7, 11) is 1.66. The summed E-state index contributed by atoms with van der Waals surface area (Å²) < 4.78 is 16.4. The van der Waals surface area contributed by atoms with Gasteiger partial charge in [0.15, 0.2) is 0 Å². The van der Waals surface area contributed by atoms with Crippen molar-refractivity contribution in [3.05, 3.63) is 84.4 Å². The van der Waals surface area contributed by atoms with Gasteiger partial charge < -0.3 is 14.2 Å². The van der Waals surface area contributed by atoms with Crippen LogP contribution in [-0.2, 0) is 25.6 Å². The second kappa shape index (κ2) is 12.6. The fourth-order valence-electron chi connectivity index (χ4n) is 4.30. The van der Waals surface area contributed by atoms with Crippen LogP contribution >= 0.6 is 0 Å². The average Bonchev–Trinajstić information content (AvgIpc) is 2.93. The highest BCUT2D eigenvalue weighted by Crippen LogP contribution is 2.32. The molecular formula is C29H34N2O4. The molecule has 3 aromatic rings. The van der Waals surface area contributed by atoms with E-state index in [4.69, 9.17) is 14.2 Å². The second-order valence-corrected chi connectivity index (χ2v) is 8.58. The maximum Gasteiger partial charge on any atom is 0.248 e. The van der Waals surface area contributed by atoms with Gasteiger partial charge in [-0.15, -0.1) is 0 Å². The summed E-state index contributed by atoms with van der Waals surface area (Å²) in [4.78, 5) is 18.0. The largest absolute Gasteiger partial charge is 0.382 e. The van der Waals surface area contributed by atoms with E-state index in [-0.39, 0.29) is 11.9 Å². The van der Waals surface area contributed by atoms with Crippen molar-refractivity contribution < 1.29 is 19.0 Å². The Kier molecular flexibility index (Phi) is 9.03. The quantitative estimate of drug-likeness (QED) is 0.391. The first-order valence-corrected chi connectivity index (χ1v) is 12.1. The molecule has 1 fully saturated rings. The summed E-state index contributed by atoms with van der Waals surface area (Å²) in [6.45, 7) is 6.19. The van der Waals surface area contributed by atoms with E-state index in [0.717, 1.165) is 41.2 Å². The lowest BCUT2D eigenvalue weighted by molar-refractivity contribution is -0.124. The Labute approximate surface area is 208 Å². The number of rotatable bonds is 10. The number of para-hydroxylation sites is 1. The second-order valence-electron chi connectivity index (χ2n) is 8.58. The molecule has 1 unspecified atom stereocenters. The van der Waals surface area contributed by atoms with Gasteiger partial charge >= 0.3 is 0 Å². The standard InChI is InChI=1S/C29H34N2O4/c1-23(30-16-18-34-19-17-30)29(32)31(28-11-7-6-10-26(28)22-35-21-20-33-2)27-14-12-25(13-15-27)24-8-4-3-5-9-24/h3-15,23H,16-22H2,1-2H3. The molecule has 1 heterocycles. The van der Waals surface area contributed by atoms with Gasteiger partial charge in [0.25, 0.3) is 0 Å². The van der Waals surface area contributed by atoms with Crippen LogP contribution in [0.1, 0.15) is 12.5 Å². The number of anilines is 2. The summed E-state index contributed by atoms with van der Waals surface area (Å²) in [5.74, 6) is 0.0312. The highest BCUT2D eigenvalue weighted by Gasteiger charge is 2.30. The van der Waals surface area contributed by atoms with Gasteiger partial charge in [0.1, 0.15) is 0 Å². The molecule has 0 bridgehead atoms. The average molecular weight is 475 g/mol. The number of morpholine rings is 1. The van der Waals surface area contributed by atoms with Crippen molar-refractivity contribution in [1.82, 2.24) is 4.90 Å². The molecule has 1 aliphatic heterocycles. The van der Waals surface area contributed by atoms with Crippen LogP contribution in [0.25, 0.3) is 11.1 Å². The lowest BCUT2D eigenvalue weighted by Gasteiger charge is -2.35. The minimum atomic E-state index is -0.282. The zero-order valence-corrected chi connectivity index (χ0v) is 20.6. The number of benzene rings is 3. The van der Waals surface area contributed by atoms with Gasteiger partial charge in [0, 0.05) is 31.5 Å². The number of nitrogens with zero attached hydrogens (tertiary/aromatic N) is 2. The van der Waals surface area contributed by atoms with Crippen molar-refractivity contribution in [3.63, 3.8) is 0 Å². The molecule has 1 amide bonds. The fraction of sp³-hybridized carbons (Fsp3) is 0.345. The zero-order valence-electron chi connectivity index (χ0n) is 20.6. The van der Waals surface area contributed by atoms with Crippen LogP contribution in [0.15, 0.2) is 78.9 Å². The number of methoxy groups -OCH3 is 1. The molecule has 0 saturated carbocycles. The molecule has 1 saturated heterocycles. The number of ether oxygens (including phenoxy) is 3. The first-order chi connectivity index (χ1) is 17.2. The molecule has 1 aliphatic rings. The lowest BCUT2D eigenvalue weighted by atomic mass is 10.0. The summed E-state index contributed by atoms with van der Waals surface area (Å²) in [6.07, 6.45) is 0. The van der Waals surface area contributed by atoms with Crippen LogP contribution in [0.5, 0.6) is 0 Å². The maximum absolute atomic E-state index is 14.0. The van der Waals surface area contributed by atoms with Gasteiger partial charge in [-0.3, -0.25) is 14.6 Å². The minimum absolute atomic E-state index is 0.0312. The number of carbonyl (C=O) groups is 1. The predicted octanol–water partition coefficient (Wildman–Crippen LogP) is 4.90. The van der Waals surface area contributed by atoms with Gasteiger partial charge in [0.05, 0.1) is 44.8 Å². The Morgan fingerprint density at radius 2 is 1.57 bits per heavy atom. The van der Waals surface area contributed by atoms with Crippen LogP contribution in [0, 0.1) is 0 Å². The van der Waals surface area contributed by atoms with E-state index >= 15 is 0 Å². The van der Waals surface area contributed by atoms with E-state index in [9.17, 15) is 4.79 Å². The van der Waals surface area contributed by atoms with Gasteiger partial charge in [0.2, 0.25) is 5.91 Å². The van der Waals surface area contributed by atoms with Crippen molar-refractivity contribution in [2.75, 3.05) is 51.5 Å². The maximum atomic E-state index is 14.0. The van der Waals surface area contributed by atoms with Crippen LogP contribution in [0.4, 0.5) is 11.4 Å². The third-order valence-electron chi connectivity index (χ3n) is 6.33. The number of hydrogen-bond acceptors (Lipinski definition) is 5.